The number of rotatable bonds is 8. The van der Waals surface area contributed by atoms with Gasteiger partial charge in [0.1, 0.15) is 12.0 Å². The normalized spacial score (nSPS) is 12.4. The van der Waals surface area contributed by atoms with Gasteiger partial charge < -0.3 is 14.8 Å². The Kier molecular flexibility index (Phi) is 6.28. The second-order valence-electron chi connectivity index (χ2n) is 5.43. The standard InChI is InChI=1S/C15H23NO4/c1-10(2)12(4-5-14(17)18)6-7-16-15(19)13-8-11(3)20-9-13/h8-10,12H,4-7H2,1-3H3,(H,16,19)(H,17,18). The number of carboxylic acids is 1. The second kappa shape index (κ2) is 7.72. The highest BCUT2D eigenvalue weighted by Gasteiger charge is 2.15. The maximum absolute atomic E-state index is 11.8. The average molecular weight is 281 g/mol. The van der Waals surface area contributed by atoms with Crippen molar-refractivity contribution in [1.29, 1.82) is 0 Å². The Labute approximate surface area is 119 Å². The molecule has 0 aliphatic carbocycles. The quantitative estimate of drug-likeness (QED) is 0.768. The minimum Gasteiger partial charge on any atom is -0.481 e. The van der Waals surface area contributed by atoms with Crippen LogP contribution in [-0.4, -0.2) is 23.5 Å². The van der Waals surface area contributed by atoms with Gasteiger partial charge in [0.25, 0.3) is 5.91 Å². The fraction of sp³-hybridized carbons (Fsp3) is 0.600. The molecule has 1 amide bonds. The highest BCUT2D eigenvalue weighted by Crippen LogP contribution is 2.20. The van der Waals surface area contributed by atoms with Crippen LogP contribution in [0.25, 0.3) is 0 Å². The van der Waals surface area contributed by atoms with Crippen molar-refractivity contribution < 1.29 is 19.1 Å². The number of carbonyl (C=O) groups excluding carboxylic acids is 1. The summed E-state index contributed by atoms with van der Waals surface area (Å²) in [4.78, 5) is 22.4. The third kappa shape index (κ3) is 5.47. The largest absolute Gasteiger partial charge is 0.481 e. The fourth-order valence-electron chi connectivity index (χ4n) is 2.16. The van der Waals surface area contributed by atoms with E-state index >= 15 is 0 Å². The second-order valence-corrected chi connectivity index (χ2v) is 5.43. The first-order valence-corrected chi connectivity index (χ1v) is 6.95. The molecule has 1 heterocycles. The molecule has 1 aromatic rings. The van der Waals surface area contributed by atoms with Crippen LogP contribution in [0, 0.1) is 18.8 Å². The molecule has 2 N–H and O–H groups in total. The third-order valence-corrected chi connectivity index (χ3v) is 3.47. The van der Waals surface area contributed by atoms with Crippen LogP contribution in [0.3, 0.4) is 0 Å². The molecule has 0 aromatic carbocycles. The van der Waals surface area contributed by atoms with Gasteiger partial charge in [-0.1, -0.05) is 13.8 Å². The number of nitrogens with one attached hydrogen (secondary N) is 1. The lowest BCUT2D eigenvalue weighted by Gasteiger charge is -2.20. The smallest absolute Gasteiger partial charge is 0.303 e. The van der Waals surface area contributed by atoms with Crippen LogP contribution in [0.15, 0.2) is 16.7 Å². The summed E-state index contributed by atoms with van der Waals surface area (Å²) in [5.41, 5.74) is 0.522. The molecular weight excluding hydrogens is 258 g/mol. The van der Waals surface area contributed by atoms with E-state index in [9.17, 15) is 9.59 Å². The van der Waals surface area contributed by atoms with Gasteiger partial charge in [-0.05, 0) is 37.7 Å². The fourth-order valence-corrected chi connectivity index (χ4v) is 2.16. The van der Waals surface area contributed by atoms with Gasteiger partial charge in [-0.15, -0.1) is 0 Å². The Balaban J connectivity index is 2.36. The Morgan fingerprint density at radius 3 is 2.55 bits per heavy atom. The number of amides is 1. The van der Waals surface area contributed by atoms with Crippen LogP contribution in [0.2, 0.25) is 0 Å². The van der Waals surface area contributed by atoms with E-state index < -0.39 is 5.97 Å². The molecular formula is C15H23NO4. The summed E-state index contributed by atoms with van der Waals surface area (Å²) in [6.07, 6.45) is 3.05. The molecule has 0 saturated heterocycles. The summed E-state index contributed by atoms with van der Waals surface area (Å²) >= 11 is 0. The Bertz CT molecular complexity index is 450. The van der Waals surface area contributed by atoms with Gasteiger partial charge in [-0.25, -0.2) is 0 Å². The summed E-state index contributed by atoms with van der Waals surface area (Å²) < 4.78 is 5.09. The molecule has 20 heavy (non-hydrogen) atoms. The van der Waals surface area contributed by atoms with Crippen LogP contribution >= 0.6 is 0 Å². The summed E-state index contributed by atoms with van der Waals surface area (Å²) in [6.45, 7) is 6.49. The van der Waals surface area contributed by atoms with Crippen molar-refractivity contribution in [3.05, 3.63) is 23.7 Å². The summed E-state index contributed by atoms with van der Waals surface area (Å²) in [5.74, 6) is 0.493. The average Bonchev–Trinajstić information content (AvgIpc) is 2.79. The van der Waals surface area contributed by atoms with E-state index in [1.54, 1.807) is 13.0 Å². The summed E-state index contributed by atoms with van der Waals surface area (Å²) in [5, 5.41) is 11.6. The Morgan fingerprint density at radius 1 is 1.35 bits per heavy atom. The van der Waals surface area contributed by atoms with Gasteiger partial charge in [0.05, 0.1) is 5.56 Å². The molecule has 5 nitrogen and oxygen atoms in total. The number of furan rings is 1. The van der Waals surface area contributed by atoms with Gasteiger partial charge in [0.15, 0.2) is 0 Å². The number of carboxylic acid groups (broad SMARTS) is 1. The molecule has 0 saturated carbocycles. The van der Waals surface area contributed by atoms with Crippen LogP contribution in [-0.2, 0) is 4.79 Å². The molecule has 0 bridgehead atoms. The van der Waals surface area contributed by atoms with E-state index in [1.165, 1.54) is 6.26 Å². The highest BCUT2D eigenvalue weighted by atomic mass is 16.4. The van der Waals surface area contributed by atoms with Gasteiger partial charge >= 0.3 is 5.97 Å². The van der Waals surface area contributed by atoms with Crippen LogP contribution in [0.1, 0.15) is 49.2 Å². The van der Waals surface area contributed by atoms with Crippen molar-refractivity contribution in [3.63, 3.8) is 0 Å². The number of carbonyl (C=O) groups is 2. The van der Waals surface area contributed by atoms with Crippen LogP contribution in [0.5, 0.6) is 0 Å². The summed E-state index contributed by atoms with van der Waals surface area (Å²) in [7, 11) is 0. The van der Waals surface area contributed by atoms with Gasteiger partial charge in [0, 0.05) is 13.0 Å². The van der Waals surface area contributed by atoms with E-state index in [-0.39, 0.29) is 12.3 Å². The van der Waals surface area contributed by atoms with Crippen molar-refractivity contribution in [1.82, 2.24) is 5.32 Å². The number of aryl methyl sites for hydroxylation is 1. The molecule has 0 aliphatic heterocycles. The van der Waals surface area contributed by atoms with E-state index in [0.717, 1.165) is 6.42 Å². The SMILES string of the molecule is Cc1cc(C(=O)NCCC(CCC(=O)O)C(C)C)co1. The van der Waals surface area contributed by atoms with E-state index in [4.69, 9.17) is 9.52 Å². The highest BCUT2D eigenvalue weighted by molar-refractivity contribution is 5.93. The first kappa shape index (κ1) is 16.3. The predicted octanol–water partition coefficient (Wildman–Crippen LogP) is 2.84. The lowest BCUT2D eigenvalue weighted by atomic mass is 9.88. The number of hydrogen-bond acceptors (Lipinski definition) is 3. The van der Waals surface area contributed by atoms with E-state index in [1.807, 2.05) is 0 Å². The minimum atomic E-state index is -0.770. The van der Waals surface area contributed by atoms with Crippen molar-refractivity contribution in [2.75, 3.05) is 6.54 Å². The van der Waals surface area contributed by atoms with E-state index in [2.05, 4.69) is 19.2 Å². The molecule has 5 heteroatoms. The molecule has 0 radical (unpaired) electrons. The zero-order chi connectivity index (χ0) is 15.1. The molecule has 1 aromatic heterocycles. The first-order valence-electron chi connectivity index (χ1n) is 6.95. The number of aliphatic carboxylic acids is 1. The molecule has 0 aliphatic rings. The summed E-state index contributed by atoms with van der Waals surface area (Å²) in [6, 6.07) is 1.69. The zero-order valence-electron chi connectivity index (χ0n) is 12.3. The lowest BCUT2D eigenvalue weighted by molar-refractivity contribution is -0.137. The topological polar surface area (TPSA) is 79.5 Å². The van der Waals surface area contributed by atoms with E-state index in [0.29, 0.717) is 36.1 Å². The Morgan fingerprint density at radius 2 is 2.05 bits per heavy atom. The first-order chi connectivity index (χ1) is 9.40. The number of hydrogen-bond donors (Lipinski definition) is 2. The van der Waals surface area contributed by atoms with Crippen molar-refractivity contribution in [3.8, 4) is 0 Å². The van der Waals surface area contributed by atoms with Crippen LogP contribution in [0.4, 0.5) is 0 Å². The van der Waals surface area contributed by atoms with Crippen molar-refractivity contribution in [2.45, 2.75) is 40.0 Å². The maximum atomic E-state index is 11.8. The van der Waals surface area contributed by atoms with Gasteiger partial charge in [0.2, 0.25) is 0 Å². The minimum absolute atomic E-state index is 0.150. The van der Waals surface area contributed by atoms with Crippen LogP contribution < -0.4 is 5.32 Å². The van der Waals surface area contributed by atoms with Gasteiger partial charge in [-0.2, -0.15) is 0 Å². The molecule has 1 unspecified atom stereocenters. The molecule has 1 atom stereocenters. The maximum Gasteiger partial charge on any atom is 0.303 e. The molecule has 0 fully saturated rings. The van der Waals surface area contributed by atoms with Crippen molar-refractivity contribution in [2.24, 2.45) is 11.8 Å². The van der Waals surface area contributed by atoms with Gasteiger partial charge in [-0.3, -0.25) is 9.59 Å². The molecule has 112 valence electrons. The lowest BCUT2D eigenvalue weighted by Crippen LogP contribution is -2.26. The zero-order valence-corrected chi connectivity index (χ0v) is 12.3. The predicted molar refractivity (Wildman–Crippen MR) is 75.6 cm³/mol. The molecule has 0 spiro atoms. The Hall–Kier alpha value is -1.78. The third-order valence-electron chi connectivity index (χ3n) is 3.47. The molecule has 1 rings (SSSR count). The monoisotopic (exact) mass is 281 g/mol. The van der Waals surface area contributed by atoms with Crippen molar-refractivity contribution >= 4 is 11.9 Å².